The number of ether oxygens (including phenoxy) is 2. The maximum atomic E-state index is 10.5. The van der Waals surface area contributed by atoms with Crippen molar-refractivity contribution in [2.45, 2.75) is 19.8 Å². The fourth-order valence-electron chi connectivity index (χ4n) is 1.48. The molecule has 0 saturated carbocycles. The first-order chi connectivity index (χ1) is 8.92. The number of nitrogens with two attached hydrogens (primary N) is 1. The first-order valence-electron chi connectivity index (χ1n) is 6.02. The molecule has 0 bridgehead atoms. The van der Waals surface area contributed by atoms with Crippen LogP contribution in [0.5, 0.6) is 11.5 Å². The van der Waals surface area contributed by atoms with Gasteiger partial charge in [0.2, 0.25) is 0 Å². The van der Waals surface area contributed by atoms with Crippen LogP contribution in [0.3, 0.4) is 0 Å². The molecule has 0 amide bonds. The first kappa shape index (κ1) is 15.6. The van der Waals surface area contributed by atoms with Crippen molar-refractivity contribution in [2.75, 3.05) is 24.7 Å². The van der Waals surface area contributed by atoms with Crippen molar-refractivity contribution >= 4 is 15.8 Å². The van der Waals surface area contributed by atoms with Crippen molar-refractivity contribution in [1.82, 2.24) is 0 Å². The fraction of sp³-hybridized carbons (Fsp3) is 0.500. The largest absolute Gasteiger partial charge is 0.494 e. The van der Waals surface area contributed by atoms with Crippen molar-refractivity contribution in [1.29, 1.82) is 0 Å². The van der Waals surface area contributed by atoms with E-state index in [1.54, 1.807) is 18.2 Å². The van der Waals surface area contributed by atoms with Crippen molar-refractivity contribution in [3.63, 3.8) is 0 Å². The lowest BCUT2D eigenvalue weighted by molar-refractivity contribution is 0.308. The minimum atomic E-state index is -3.89. The van der Waals surface area contributed by atoms with E-state index in [0.29, 0.717) is 43.2 Å². The van der Waals surface area contributed by atoms with Crippen LogP contribution in [0.4, 0.5) is 5.69 Å². The van der Waals surface area contributed by atoms with Gasteiger partial charge in [0.15, 0.2) is 0 Å². The topological polar surface area (TPSA) is 98.8 Å². The summed E-state index contributed by atoms with van der Waals surface area (Å²) in [6.07, 6.45) is 0.863. The first-order valence-corrected chi connectivity index (χ1v) is 7.63. The zero-order valence-corrected chi connectivity index (χ0v) is 11.6. The molecular formula is C12H19NO5S. The molecule has 0 saturated heterocycles. The molecular weight excluding hydrogens is 270 g/mol. The summed E-state index contributed by atoms with van der Waals surface area (Å²) in [6, 6.07) is 5.15. The second-order valence-electron chi connectivity index (χ2n) is 3.97. The maximum absolute atomic E-state index is 10.5. The van der Waals surface area contributed by atoms with Crippen molar-refractivity contribution in [2.24, 2.45) is 0 Å². The van der Waals surface area contributed by atoms with E-state index in [1.807, 2.05) is 6.92 Å². The predicted molar refractivity (Wildman–Crippen MR) is 73.2 cm³/mol. The Morgan fingerprint density at radius 2 is 2.00 bits per heavy atom. The van der Waals surface area contributed by atoms with Gasteiger partial charge >= 0.3 is 0 Å². The zero-order valence-electron chi connectivity index (χ0n) is 10.8. The highest BCUT2D eigenvalue weighted by Crippen LogP contribution is 2.26. The Hall–Kier alpha value is -1.47. The summed E-state index contributed by atoms with van der Waals surface area (Å²) in [4.78, 5) is 0. The third kappa shape index (κ3) is 6.30. The number of hydrogen-bond donors (Lipinski definition) is 2. The van der Waals surface area contributed by atoms with Crippen molar-refractivity contribution < 1.29 is 22.4 Å². The van der Waals surface area contributed by atoms with Gasteiger partial charge in [0.1, 0.15) is 11.5 Å². The van der Waals surface area contributed by atoms with E-state index in [9.17, 15) is 8.42 Å². The Balaban J connectivity index is 2.37. The van der Waals surface area contributed by atoms with Crippen LogP contribution in [0.1, 0.15) is 19.8 Å². The van der Waals surface area contributed by atoms with E-state index in [0.717, 1.165) is 0 Å². The maximum Gasteiger partial charge on any atom is 0.264 e. The van der Waals surface area contributed by atoms with E-state index in [-0.39, 0.29) is 5.75 Å². The molecule has 0 fully saturated rings. The number of unbranched alkanes of at least 4 members (excludes halogenated alkanes) is 1. The predicted octanol–water partition coefficient (Wildman–Crippen LogP) is 1.71. The lowest BCUT2D eigenvalue weighted by Gasteiger charge is -2.10. The van der Waals surface area contributed by atoms with Crippen molar-refractivity contribution in [3.05, 3.63) is 18.2 Å². The quantitative estimate of drug-likeness (QED) is 0.429. The highest BCUT2D eigenvalue weighted by atomic mass is 32.2. The van der Waals surface area contributed by atoms with E-state index < -0.39 is 10.1 Å². The number of hydrogen-bond acceptors (Lipinski definition) is 5. The van der Waals surface area contributed by atoms with Gasteiger partial charge in [-0.25, -0.2) is 0 Å². The minimum absolute atomic E-state index is 0.255. The summed E-state index contributed by atoms with van der Waals surface area (Å²) in [6.45, 7) is 2.79. The number of rotatable bonds is 8. The molecule has 0 aliphatic heterocycles. The Morgan fingerprint density at radius 3 is 2.58 bits per heavy atom. The normalized spacial score (nSPS) is 11.3. The summed E-state index contributed by atoms with van der Waals surface area (Å²) in [5.41, 5.74) is 6.27. The van der Waals surface area contributed by atoms with Gasteiger partial charge in [0.25, 0.3) is 10.1 Å². The van der Waals surface area contributed by atoms with Gasteiger partial charge in [-0.2, -0.15) is 8.42 Å². The highest BCUT2D eigenvalue weighted by molar-refractivity contribution is 7.85. The van der Waals surface area contributed by atoms with E-state index in [2.05, 4.69) is 0 Å². The Labute approximate surface area is 113 Å². The molecule has 1 rings (SSSR count). The van der Waals surface area contributed by atoms with Gasteiger partial charge in [0, 0.05) is 6.07 Å². The van der Waals surface area contributed by atoms with Gasteiger partial charge in [-0.05, 0) is 31.9 Å². The van der Waals surface area contributed by atoms with Crippen LogP contribution in [0.25, 0.3) is 0 Å². The Bertz CT molecular complexity index is 501. The molecule has 0 spiro atoms. The summed E-state index contributed by atoms with van der Waals surface area (Å²) in [7, 11) is -3.89. The average molecular weight is 289 g/mol. The van der Waals surface area contributed by atoms with E-state index in [4.69, 9.17) is 19.8 Å². The molecule has 0 aromatic heterocycles. The molecule has 6 nitrogen and oxygen atoms in total. The average Bonchev–Trinajstić information content (AvgIpc) is 2.30. The molecule has 0 atom stereocenters. The van der Waals surface area contributed by atoms with E-state index >= 15 is 0 Å². The van der Waals surface area contributed by atoms with Crippen LogP contribution >= 0.6 is 0 Å². The van der Waals surface area contributed by atoms with Crippen LogP contribution in [0.15, 0.2) is 18.2 Å². The molecule has 0 heterocycles. The Kier molecular flexibility index (Phi) is 5.91. The summed E-state index contributed by atoms with van der Waals surface area (Å²) in [5, 5.41) is 0. The van der Waals surface area contributed by atoms with Gasteiger partial charge in [-0.1, -0.05) is 0 Å². The van der Waals surface area contributed by atoms with Gasteiger partial charge in [-0.15, -0.1) is 0 Å². The highest BCUT2D eigenvalue weighted by Gasteiger charge is 2.05. The smallest absolute Gasteiger partial charge is 0.264 e. The fourth-order valence-corrected chi connectivity index (χ4v) is 2.05. The molecule has 0 aliphatic rings. The van der Waals surface area contributed by atoms with Crippen LogP contribution in [-0.4, -0.2) is 31.9 Å². The second kappa shape index (κ2) is 7.20. The van der Waals surface area contributed by atoms with Crippen LogP contribution in [0, 0.1) is 0 Å². The molecule has 3 N–H and O–H groups in total. The third-order valence-corrected chi connectivity index (χ3v) is 3.15. The third-order valence-electron chi connectivity index (χ3n) is 2.35. The summed E-state index contributed by atoms with van der Waals surface area (Å²) >= 11 is 0. The molecule has 1 aromatic carbocycles. The van der Waals surface area contributed by atoms with Gasteiger partial charge < -0.3 is 15.2 Å². The lowest BCUT2D eigenvalue weighted by Crippen LogP contribution is -2.06. The van der Waals surface area contributed by atoms with Crippen molar-refractivity contribution in [3.8, 4) is 11.5 Å². The van der Waals surface area contributed by atoms with Crippen LogP contribution in [-0.2, 0) is 10.1 Å². The molecule has 7 heteroatoms. The van der Waals surface area contributed by atoms with Gasteiger partial charge in [-0.3, -0.25) is 4.55 Å². The number of nitrogen functional groups attached to an aromatic ring is 1. The number of benzene rings is 1. The summed E-state index contributed by atoms with van der Waals surface area (Å²) in [5.74, 6) is 0.962. The Morgan fingerprint density at radius 1 is 1.26 bits per heavy atom. The number of anilines is 1. The summed E-state index contributed by atoms with van der Waals surface area (Å²) < 4.78 is 40.3. The molecule has 19 heavy (non-hydrogen) atoms. The van der Waals surface area contributed by atoms with Gasteiger partial charge in [0.05, 0.1) is 24.7 Å². The molecule has 0 aliphatic carbocycles. The minimum Gasteiger partial charge on any atom is -0.494 e. The lowest BCUT2D eigenvalue weighted by atomic mass is 10.3. The molecule has 0 radical (unpaired) electrons. The zero-order chi connectivity index (χ0) is 14.3. The van der Waals surface area contributed by atoms with E-state index in [1.165, 1.54) is 0 Å². The monoisotopic (exact) mass is 289 g/mol. The molecule has 0 unspecified atom stereocenters. The SMILES string of the molecule is CCOc1ccc(OCCCCS(=O)(=O)O)c(N)c1. The van der Waals surface area contributed by atoms with Crippen LogP contribution < -0.4 is 15.2 Å². The standard InChI is InChI=1S/C12H19NO5S/c1-2-17-10-5-6-12(11(13)9-10)18-7-3-4-8-19(14,15)16/h5-6,9H,2-4,7-8,13H2,1H3,(H,14,15,16). The second-order valence-corrected chi connectivity index (χ2v) is 5.55. The molecule has 108 valence electrons. The van der Waals surface area contributed by atoms with Crippen LogP contribution in [0.2, 0.25) is 0 Å². The molecule has 1 aromatic rings.